The summed E-state index contributed by atoms with van der Waals surface area (Å²) in [5, 5.41) is 16.9. The zero-order valence-electron chi connectivity index (χ0n) is 73.2. The third-order valence-corrected chi connectivity index (χ3v) is 21.7. The van der Waals surface area contributed by atoms with Gasteiger partial charge in [0.05, 0.1) is 0 Å². The van der Waals surface area contributed by atoms with Crippen molar-refractivity contribution < 1.29 is 30.9 Å². The van der Waals surface area contributed by atoms with Crippen LogP contribution in [0.5, 0.6) is 0 Å². The lowest BCUT2D eigenvalue weighted by Gasteiger charge is -1.93. The zero-order chi connectivity index (χ0) is 87.3. The van der Waals surface area contributed by atoms with Crippen LogP contribution in [0.1, 0.15) is 61.2 Å². The lowest BCUT2D eigenvalue weighted by atomic mass is 10.1. The molecular formula is C119H102O7. The van der Waals surface area contributed by atoms with E-state index < -0.39 is 0 Å². The Kier molecular flexibility index (Phi) is 27.8. The van der Waals surface area contributed by atoms with E-state index in [-0.39, 0.29) is 0 Å². The second-order valence-electron chi connectivity index (χ2n) is 31.7. The van der Waals surface area contributed by atoms with Gasteiger partial charge in [-0.05, 0) is 195 Å². The highest BCUT2D eigenvalue weighted by molar-refractivity contribution is 6.10. The molecule has 0 aliphatic heterocycles. The number of benzene rings is 18. The first-order chi connectivity index (χ1) is 61.5. The molecule has 18 aromatic carbocycles. The van der Waals surface area contributed by atoms with Gasteiger partial charge in [0.15, 0.2) is 0 Å². The zero-order valence-corrected chi connectivity index (χ0v) is 73.2. The van der Waals surface area contributed by atoms with E-state index in [1.807, 2.05) is 237 Å². The summed E-state index contributed by atoms with van der Waals surface area (Å²) in [7, 11) is 0. The molecular weight excluding hydrogens is 1540 g/mol. The molecule has 7 nitrogen and oxygen atoms in total. The molecule has 7 heteroatoms. The summed E-state index contributed by atoms with van der Waals surface area (Å²) in [4.78, 5) is 0. The fourth-order valence-electron chi connectivity index (χ4n) is 15.3. The Hall–Kier alpha value is -15.4. The molecule has 0 unspecified atom stereocenters. The van der Waals surface area contributed by atoms with Gasteiger partial charge in [-0.15, -0.1) is 0 Å². The van der Waals surface area contributed by atoms with E-state index in [1.54, 1.807) is 0 Å². The van der Waals surface area contributed by atoms with Gasteiger partial charge in [0, 0.05) is 75.4 Å². The van der Waals surface area contributed by atoms with Crippen molar-refractivity contribution in [3.05, 3.63) is 480 Å². The summed E-state index contributed by atoms with van der Waals surface area (Å²) in [6.07, 6.45) is 0. The van der Waals surface area contributed by atoms with Crippen molar-refractivity contribution in [1.82, 2.24) is 0 Å². The number of aryl methyl sites for hydroxylation is 11. The normalized spacial score (nSPS) is 10.7. The second-order valence-corrected chi connectivity index (χ2v) is 31.7. The van der Waals surface area contributed by atoms with Crippen LogP contribution in [-0.4, -0.2) is 0 Å². The number of rotatable bonds is 0. The molecule has 7 heterocycles. The van der Waals surface area contributed by atoms with Crippen LogP contribution in [0, 0.1) is 76.2 Å². The average molecular weight is 1640 g/mol. The van der Waals surface area contributed by atoms with Crippen LogP contribution in [0.3, 0.4) is 0 Å². The smallest absolute Gasteiger partial charge is 0.138 e. The predicted molar refractivity (Wildman–Crippen MR) is 534 cm³/mol. The molecule has 0 N–H and O–H groups in total. The Bertz CT molecular complexity index is 7320. The molecule has 0 bridgehead atoms. The molecule has 0 fully saturated rings. The van der Waals surface area contributed by atoms with E-state index in [4.69, 9.17) is 30.9 Å². The topological polar surface area (TPSA) is 92.0 Å². The summed E-state index contributed by atoms with van der Waals surface area (Å²) in [5.41, 5.74) is 27.7. The van der Waals surface area contributed by atoms with Crippen LogP contribution in [0.25, 0.3) is 154 Å². The summed E-state index contributed by atoms with van der Waals surface area (Å²) in [6.45, 7) is 23.0. The van der Waals surface area contributed by atoms with Crippen molar-refractivity contribution in [2.75, 3.05) is 0 Å². The van der Waals surface area contributed by atoms with Gasteiger partial charge in [-0.2, -0.15) is 0 Å². The molecule has 0 aliphatic carbocycles. The molecule has 0 amide bonds. The Morgan fingerprint density at radius 1 is 0.119 bits per heavy atom. The highest BCUT2D eigenvalue weighted by atomic mass is 16.4. The number of hydrogen-bond acceptors (Lipinski definition) is 7. The third-order valence-electron chi connectivity index (χ3n) is 21.7. The maximum Gasteiger partial charge on any atom is 0.138 e. The van der Waals surface area contributed by atoms with Crippen LogP contribution in [0.2, 0.25) is 0 Å². The lowest BCUT2D eigenvalue weighted by Crippen LogP contribution is -1.72. The van der Waals surface area contributed by atoms with Crippen molar-refractivity contribution in [2.45, 2.75) is 76.2 Å². The van der Waals surface area contributed by atoms with Crippen LogP contribution < -0.4 is 0 Å². The minimum atomic E-state index is 0.966. The molecule has 0 saturated heterocycles. The third kappa shape index (κ3) is 21.2. The fourth-order valence-corrected chi connectivity index (χ4v) is 15.3. The monoisotopic (exact) mass is 1640 g/mol. The molecule has 7 aromatic heterocycles. The Morgan fingerprint density at radius 2 is 0.333 bits per heavy atom. The quantitative estimate of drug-likeness (QED) is 0.149. The van der Waals surface area contributed by atoms with Crippen LogP contribution in [0.4, 0.5) is 0 Å². The first-order valence-corrected chi connectivity index (χ1v) is 42.7. The molecule has 126 heavy (non-hydrogen) atoms. The molecule has 25 rings (SSSR count). The van der Waals surface area contributed by atoms with Gasteiger partial charge in [0.25, 0.3) is 0 Å². The molecule has 0 radical (unpaired) electrons. The second kappa shape index (κ2) is 41.0. The summed E-state index contributed by atoms with van der Waals surface area (Å²) in [5.74, 6) is 0. The summed E-state index contributed by atoms with van der Waals surface area (Å²) < 4.78 is 40.1. The van der Waals surface area contributed by atoms with Crippen LogP contribution in [0.15, 0.2) is 449 Å². The minimum absolute atomic E-state index is 0.966. The standard InChI is InChI=1S/7C13H10O.4C7H8/c1-9-5-4-7-11-10-6-2-3-8-12(10)14-13(9)11;2*1-9-5-4-8-12-13(9)10-6-2-3-7-11(10)14-12;2*1-9-6-7-13-11(8-9)10-4-2-3-5-12(10)14-13;2*1-9-6-7-11-10-4-2-3-5-12(10)14-13(11)8-9;4*1-7-5-3-2-4-6-7/h7*2-8H,1H3;4*2-6H,1H3. The molecule has 0 aliphatic rings. The number of para-hydroxylation sites is 8. The van der Waals surface area contributed by atoms with Crippen LogP contribution >= 0.6 is 0 Å². The maximum absolute atomic E-state index is 5.78. The number of hydrogen-bond donors (Lipinski definition) is 0. The lowest BCUT2D eigenvalue weighted by molar-refractivity contribution is 0.665. The largest absolute Gasteiger partial charge is 0.456 e. The summed E-state index contributed by atoms with van der Waals surface area (Å²) >= 11 is 0. The van der Waals surface area contributed by atoms with Gasteiger partial charge in [0.2, 0.25) is 0 Å². The van der Waals surface area contributed by atoms with Gasteiger partial charge in [-0.1, -0.05) is 361 Å². The van der Waals surface area contributed by atoms with Gasteiger partial charge in [-0.3, -0.25) is 0 Å². The van der Waals surface area contributed by atoms with E-state index in [9.17, 15) is 0 Å². The Balaban J connectivity index is 0.000000108. The molecule has 0 saturated carbocycles. The predicted octanol–water partition coefficient (Wildman–Crippen LogP) is 35.2. The van der Waals surface area contributed by atoms with Gasteiger partial charge in [0.1, 0.15) is 78.2 Å². The van der Waals surface area contributed by atoms with Crippen molar-refractivity contribution in [1.29, 1.82) is 0 Å². The van der Waals surface area contributed by atoms with E-state index >= 15 is 0 Å². The Labute approximate surface area is 735 Å². The Morgan fingerprint density at radius 3 is 0.667 bits per heavy atom. The molecule has 0 spiro atoms. The van der Waals surface area contributed by atoms with Crippen molar-refractivity contribution in [2.24, 2.45) is 0 Å². The highest BCUT2D eigenvalue weighted by Gasteiger charge is 2.13. The SMILES string of the molecule is Cc1ccc2c(c1)oc1ccccc12.Cc1ccc2c(c1)oc1ccccc12.Cc1ccc2oc3ccccc3c2c1.Cc1ccc2oc3ccccc3c2c1.Cc1cccc2c1oc1ccccc12.Cc1cccc2oc3ccccc3c12.Cc1cccc2oc3ccccc3c12.Cc1ccccc1.Cc1ccccc1.Cc1ccccc1.Cc1ccccc1. The number of furan rings is 7. The van der Waals surface area contributed by atoms with E-state index in [0.29, 0.717) is 0 Å². The highest BCUT2D eigenvalue weighted by Crippen LogP contribution is 2.36. The minimum Gasteiger partial charge on any atom is -0.456 e. The molecule has 620 valence electrons. The molecule has 0 atom stereocenters. The number of fused-ring (bicyclic) bond motifs is 21. The van der Waals surface area contributed by atoms with E-state index in [2.05, 4.69) is 258 Å². The van der Waals surface area contributed by atoms with Crippen molar-refractivity contribution in [3.8, 4) is 0 Å². The first kappa shape index (κ1) is 85.5. The van der Waals surface area contributed by atoms with Crippen molar-refractivity contribution in [3.63, 3.8) is 0 Å². The fraction of sp³-hybridized carbons (Fsp3) is 0.0924. The van der Waals surface area contributed by atoms with E-state index in [0.717, 1.165) is 78.2 Å². The van der Waals surface area contributed by atoms with E-state index in [1.165, 1.54) is 137 Å². The van der Waals surface area contributed by atoms with Gasteiger partial charge in [-0.25, -0.2) is 0 Å². The first-order valence-electron chi connectivity index (χ1n) is 42.7. The average Bonchev–Trinajstić information content (AvgIpc) is 1.66. The van der Waals surface area contributed by atoms with Gasteiger partial charge < -0.3 is 30.9 Å². The molecule has 25 aromatic rings. The van der Waals surface area contributed by atoms with Crippen molar-refractivity contribution >= 4 is 154 Å². The maximum atomic E-state index is 5.78. The summed E-state index contributed by atoms with van der Waals surface area (Å²) in [6, 6.07) is 142. The van der Waals surface area contributed by atoms with Gasteiger partial charge >= 0.3 is 0 Å². The van der Waals surface area contributed by atoms with Crippen LogP contribution in [-0.2, 0) is 0 Å².